The maximum atomic E-state index is 12.3. The second-order valence-electron chi connectivity index (χ2n) is 5.69. The first-order valence-corrected chi connectivity index (χ1v) is 8.40. The number of hydrogen-bond donors (Lipinski definition) is 1. The van der Waals surface area contributed by atoms with Crippen LogP contribution in [0.5, 0.6) is 5.75 Å². The molecule has 0 aliphatic heterocycles. The van der Waals surface area contributed by atoms with Crippen molar-refractivity contribution in [3.05, 3.63) is 64.2 Å². The minimum absolute atomic E-state index is 0.0131. The molecular formula is C19H20N2O6. The number of nitrogens with one attached hydrogen (secondary N) is 1. The van der Waals surface area contributed by atoms with Crippen LogP contribution in [0.3, 0.4) is 0 Å². The third-order valence-electron chi connectivity index (χ3n) is 3.56. The normalized spacial score (nSPS) is 11.3. The van der Waals surface area contributed by atoms with Gasteiger partial charge in [0, 0.05) is 11.8 Å². The van der Waals surface area contributed by atoms with Crippen LogP contribution in [0.25, 0.3) is 0 Å². The Labute approximate surface area is 156 Å². The van der Waals surface area contributed by atoms with E-state index >= 15 is 0 Å². The van der Waals surface area contributed by atoms with Crippen LogP contribution < -0.4 is 10.1 Å². The van der Waals surface area contributed by atoms with Crippen molar-refractivity contribution in [3.63, 3.8) is 0 Å². The molecule has 0 heterocycles. The minimum Gasteiger partial charge on any atom is -0.474 e. The van der Waals surface area contributed by atoms with Crippen molar-refractivity contribution in [1.82, 2.24) is 0 Å². The Balaban J connectivity index is 1.98. The molecule has 0 spiro atoms. The molecule has 0 aliphatic rings. The van der Waals surface area contributed by atoms with Gasteiger partial charge >= 0.3 is 11.7 Å². The van der Waals surface area contributed by atoms with Crippen molar-refractivity contribution in [2.75, 3.05) is 11.9 Å². The Morgan fingerprint density at radius 1 is 1.15 bits per heavy atom. The van der Waals surface area contributed by atoms with E-state index in [0.717, 1.165) is 6.42 Å². The van der Waals surface area contributed by atoms with Crippen LogP contribution in [0.4, 0.5) is 11.4 Å². The number of benzene rings is 2. The van der Waals surface area contributed by atoms with E-state index in [-0.39, 0.29) is 11.4 Å². The van der Waals surface area contributed by atoms with Crippen molar-refractivity contribution in [2.45, 2.75) is 26.4 Å². The quantitative estimate of drug-likeness (QED) is 0.431. The van der Waals surface area contributed by atoms with E-state index < -0.39 is 22.9 Å². The molecule has 8 heteroatoms. The second kappa shape index (κ2) is 9.33. The van der Waals surface area contributed by atoms with Crippen LogP contribution in [-0.2, 0) is 9.53 Å². The number of para-hydroxylation sites is 2. The van der Waals surface area contributed by atoms with E-state index in [1.54, 1.807) is 30.3 Å². The molecule has 0 saturated heterocycles. The van der Waals surface area contributed by atoms with Gasteiger partial charge in [0.2, 0.25) is 0 Å². The standard InChI is InChI=1S/C19H20N2O6/c1-3-12-26-19(23)14-8-10-15(11-9-14)20-18(22)13(2)27-17-7-5-4-6-16(17)21(24)25/h4-11,13H,3,12H2,1-2H3,(H,20,22)/t13-/m1/s1. The maximum absolute atomic E-state index is 12.3. The lowest BCUT2D eigenvalue weighted by Gasteiger charge is -2.15. The summed E-state index contributed by atoms with van der Waals surface area (Å²) >= 11 is 0. The van der Waals surface area contributed by atoms with Gasteiger partial charge < -0.3 is 14.8 Å². The second-order valence-corrected chi connectivity index (χ2v) is 5.69. The summed E-state index contributed by atoms with van der Waals surface area (Å²) < 4.78 is 10.5. The van der Waals surface area contributed by atoms with Gasteiger partial charge in [0.1, 0.15) is 0 Å². The Kier molecular flexibility index (Phi) is 6.87. The summed E-state index contributed by atoms with van der Waals surface area (Å²) in [6, 6.07) is 12.1. The van der Waals surface area contributed by atoms with Gasteiger partial charge in [0.05, 0.1) is 17.1 Å². The molecule has 2 aromatic rings. The number of anilines is 1. The molecule has 27 heavy (non-hydrogen) atoms. The molecule has 1 atom stereocenters. The number of ether oxygens (including phenoxy) is 2. The summed E-state index contributed by atoms with van der Waals surface area (Å²) in [7, 11) is 0. The minimum atomic E-state index is -0.958. The number of carbonyl (C=O) groups excluding carboxylic acids is 2. The zero-order chi connectivity index (χ0) is 19.8. The number of nitrogens with zero attached hydrogens (tertiary/aromatic N) is 1. The summed E-state index contributed by atoms with van der Waals surface area (Å²) in [6.45, 7) is 3.74. The van der Waals surface area contributed by atoms with Crippen LogP contribution in [0.2, 0.25) is 0 Å². The third kappa shape index (κ3) is 5.53. The molecule has 142 valence electrons. The Hall–Kier alpha value is -3.42. The highest BCUT2D eigenvalue weighted by atomic mass is 16.6. The van der Waals surface area contributed by atoms with E-state index in [0.29, 0.717) is 17.9 Å². The fourth-order valence-electron chi connectivity index (χ4n) is 2.16. The number of esters is 1. The van der Waals surface area contributed by atoms with Gasteiger partial charge in [-0.1, -0.05) is 19.1 Å². The first kappa shape index (κ1) is 19.9. The summed E-state index contributed by atoms with van der Waals surface area (Å²) in [5.41, 5.74) is 0.628. The maximum Gasteiger partial charge on any atom is 0.338 e. The van der Waals surface area contributed by atoms with E-state index in [2.05, 4.69) is 5.32 Å². The SMILES string of the molecule is CCCOC(=O)c1ccc(NC(=O)[C@@H](C)Oc2ccccc2[N+](=O)[O-])cc1. The third-order valence-corrected chi connectivity index (χ3v) is 3.56. The van der Waals surface area contributed by atoms with E-state index in [4.69, 9.17) is 9.47 Å². The van der Waals surface area contributed by atoms with Crippen LogP contribution in [-0.4, -0.2) is 29.5 Å². The Morgan fingerprint density at radius 3 is 2.44 bits per heavy atom. The topological polar surface area (TPSA) is 108 Å². The van der Waals surface area contributed by atoms with Gasteiger partial charge in [-0.25, -0.2) is 4.79 Å². The van der Waals surface area contributed by atoms with Crippen molar-refractivity contribution in [3.8, 4) is 5.75 Å². The lowest BCUT2D eigenvalue weighted by atomic mass is 10.2. The molecule has 0 unspecified atom stereocenters. The predicted octanol–water partition coefficient (Wildman–Crippen LogP) is 3.57. The summed E-state index contributed by atoms with van der Waals surface area (Å²) in [6.07, 6.45) is -0.225. The highest BCUT2D eigenvalue weighted by Crippen LogP contribution is 2.27. The molecule has 0 radical (unpaired) electrons. The molecule has 1 N–H and O–H groups in total. The highest BCUT2D eigenvalue weighted by molar-refractivity contribution is 5.95. The van der Waals surface area contributed by atoms with Crippen LogP contribution >= 0.6 is 0 Å². The summed E-state index contributed by atoms with van der Waals surface area (Å²) in [5.74, 6) is -0.892. The van der Waals surface area contributed by atoms with E-state index in [9.17, 15) is 19.7 Å². The van der Waals surface area contributed by atoms with E-state index in [1.807, 2.05) is 6.92 Å². The molecule has 2 rings (SSSR count). The zero-order valence-corrected chi connectivity index (χ0v) is 15.0. The summed E-state index contributed by atoms with van der Waals surface area (Å²) in [4.78, 5) is 34.4. The fraction of sp³-hybridized carbons (Fsp3) is 0.263. The average Bonchev–Trinajstić information content (AvgIpc) is 2.66. The van der Waals surface area contributed by atoms with Gasteiger partial charge in [0.15, 0.2) is 11.9 Å². The molecular weight excluding hydrogens is 352 g/mol. The summed E-state index contributed by atoms with van der Waals surface area (Å²) in [5, 5.41) is 13.6. The van der Waals surface area contributed by atoms with Crippen LogP contribution in [0.1, 0.15) is 30.6 Å². The lowest BCUT2D eigenvalue weighted by Crippen LogP contribution is -2.30. The Bertz CT molecular complexity index is 819. The zero-order valence-electron chi connectivity index (χ0n) is 15.0. The number of rotatable bonds is 8. The number of nitro benzene ring substituents is 1. The molecule has 0 aliphatic carbocycles. The number of nitro groups is 1. The van der Waals surface area contributed by atoms with Gasteiger partial charge in [0.25, 0.3) is 5.91 Å². The highest BCUT2D eigenvalue weighted by Gasteiger charge is 2.20. The van der Waals surface area contributed by atoms with Gasteiger partial charge in [-0.3, -0.25) is 14.9 Å². The fourth-order valence-corrected chi connectivity index (χ4v) is 2.16. The molecule has 0 aromatic heterocycles. The van der Waals surface area contributed by atoms with Crippen LogP contribution in [0.15, 0.2) is 48.5 Å². The molecule has 2 aromatic carbocycles. The number of amides is 1. The van der Waals surface area contributed by atoms with Gasteiger partial charge in [-0.05, 0) is 43.7 Å². The van der Waals surface area contributed by atoms with Gasteiger partial charge in [-0.2, -0.15) is 0 Å². The number of carbonyl (C=O) groups is 2. The average molecular weight is 372 g/mol. The molecule has 8 nitrogen and oxygen atoms in total. The van der Waals surface area contributed by atoms with E-state index in [1.165, 1.54) is 25.1 Å². The first-order chi connectivity index (χ1) is 12.9. The molecule has 0 bridgehead atoms. The van der Waals surface area contributed by atoms with Crippen molar-refractivity contribution in [1.29, 1.82) is 0 Å². The molecule has 0 saturated carbocycles. The lowest BCUT2D eigenvalue weighted by molar-refractivity contribution is -0.386. The number of hydrogen-bond acceptors (Lipinski definition) is 6. The smallest absolute Gasteiger partial charge is 0.338 e. The van der Waals surface area contributed by atoms with Crippen molar-refractivity contribution >= 4 is 23.3 Å². The molecule has 1 amide bonds. The van der Waals surface area contributed by atoms with Crippen LogP contribution in [0, 0.1) is 10.1 Å². The largest absolute Gasteiger partial charge is 0.474 e. The first-order valence-electron chi connectivity index (χ1n) is 8.40. The van der Waals surface area contributed by atoms with Crippen molar-refractivity contribution in [2.24, 2.45) is 0 Å². The predicted molar refractivity (Wildman–Crippen MR) is 98.8 cm³/mol. The molecule has 0 fully saturated rings. The van der Waals surface area contributed by atoms with Gasteiger partial charge in [-0.15, -0.1) is 0 Å². The van der Waals surface area contributed by atoms with Crippen molar-refractivity contribution < 1.29 is 24.0 Å². The monoisotopic (exact) mass is 372 g/mol. The Morgan fingerprint density at radius 2 is 1.81 bits per heavy atom.